The zero-order valence-electron chi connectivity index (χ0n) is 12.7. The molecule has 0 aliphatic rings. The molecule has 0 saturated carbocycles. The summed E-state index contributed by atoms with van der Waals surface area (Å²) in [6, 6.07) is 12.3. The van der Waals surface area contributed by atoms with Crippen molar-refractivity contribution in [2.75, 3.05) is 0 Å². The van der Waals surface area contributed by atoms with Crippen LogP contribution in [0.4, 0.5) is 4.39 Å². The van der Waals surface area contributed by atoms with Crippen molar-refractivity contribution in [3.05, 3.63) is 70.0 Å². The van der Waals surface area contributed by atoms with Crippen LogP contribution in [0, 0.1) is 5.82 Å². The Morgan fingerprint density at radius 1 is 1.23 bits per heavy atom. The molecule has 0 saturated heterocycles. The third kappa shape index (κ3) is 4.31. The van der Waals surface area contributed by atoms with Crippen molar-refractivity contribution in [3.8, 4) is 0 Å². The number of halogens is 2. The lowest BCUT2D eigenvalue weighted by molar-refractivity contribution is -0.121. The van der Waals surface area contributed by atoms with Gasteiger partial charge in [0.2, 0.25) is 5.91 Å². The van der Waals surface area contributed by atoms with E-state index in [1.807, 2.05) is 19.1 Å². The molecule has 0 radical (unpaired) electrons. The zero-order valence-corrected chi connectivity index (χ0v) is 13.5. The molecule has 0 aromatic heterocycles. The van der Waals surface area contributed by atoms with E-state index in [2.05, 4.69) is 24.4 Å². The second-order valence-electron chi connectivity index (χ2n) is 5.30. The van der Waals surface area contributed by atoms with Gasteiger partial charge in [-0.3, -0.25) is 4.79 Å². The van der Waals surface area contributed by atoms with Gasteiger partial charge in [-0.05, 0) is 42.2 Å². The van der Waals surface area contributed by atoms with Gasteiger partial charge in [0.15, 0.2) is 0 Å². The highest BCUT2D eigenvalue weighted by Crippen LogP contribution is 2.17. The van der Waals surface area contributed by atoms with Crippen LogP contribution in [0.1, 0.15) is 36.6 Å². The van der Waals surface area contributed by atoms with Gasteiger partial charge >= 0.3 is 0 Å². The van der Waals surface area contributed by atoms with Gasteiger partial charge in [-0.25, -0.2) is 4.39 Å². The molecule has 0 bridgehead atoms. The number of hydrogen-bond donors (Lipinski definition) is 1. The van der Waals surface area contributed by atoms with E-state index in [0.717, 1.165) is 12.0 Å². The van der Waals surface area contributed by atoms with Gasteiger partial charge in [-0.15, -0.1) is 0 Å². The van der Waals surface area contributed by atoms with Gasteiger partial charge in [0.1, 0.15) is 5.82 Å². The first-order valence-corrected chi connectivity index (χ1v) is 7.69. The quantitative estimate of drug-likeness (QED) is 0.866. The van der Waals surface area contributed by atoms with Crippen molar-refractivity contribution < 1.29 is 9.18 Å². The normalized spacial score (nSPS) is 12.0. The molecule has 0 spiro atoms. The van der Waals surface area contributed by atoms with Crippen molar-refractivity contribution in [3.63, 3.8) is 0 Å². The van der Waals surface area contributed by atoms with E-state index >= 15 is 0 Å². The fourth-order valence-electron chi connectivity index (χ4n) is 2.26. The van der Waals surface area contributed by atoms with Gasteiger partial charge < -0.3 is 5.32 Å². The number of aryl methyl sites for hydroxylation is 1. The molecular weight excluding hydrogens is 301 g/mol. The van der Waals surface area contributed by atoms with Gasteiger partial charge in [-0.1, -0.05) is 48.9 Å². The fourth-order valence-corrected chi connectivity index (χ4v) is 2.41. The Balaban J connectivity index is 1.98. The van der Waals surface area contributed by atoms with Crippen LogP contribution in [0.25, 0.3) is 0 Å². The van der Waals surface area contributed by atoms with E-state index in [-0.39, 0.29) is 18.4 Å². The molecule has 0 heterocycles. The number of rotatable bonds is 5. The van der Waals surface area contributed by atoms with E-state index in [0.29, 0.717) is 10.6 Å². The van der Waals surface area contributed by atoms with Gasteiger partial charge in [0.25, 0.3) is 0 Å². The highest BCUT2D eigenvalue weighted by molar-refractivity contribution is 6.30. The summed E-state index contributed by atoms with van der Waals surface area (Å²) >= 11 is 5.70. The smallest absolute Gasteiger partial charge is 0.225 e. The van der Waals surface area contributed by atoms with E-state index in [1.54, 1.807) is 6.07 Å². The minimum atomic E-state index is -0.456. The number of carbonyl (C=O) groups is 1. The second kappa shape index (κ2) is 7.41. The Morgan fingerprint density at radius 3 is 2.50 bits per heavy atom. The number of carbonyl (C=O) groups excluding carboxylic acids is 1. The summed E-state index contributed by atoms with van der Waals surface area (Å²) in [5, 5.41) is 3.21. The van der Waals surface area contributed by atoms with Crippen molar-refractivity contribution in [1.82, 2.24) is 5.32 Å². The summed E-state index contributed by atoms with van der Waals surface area (Å²) < 4.78 is 13.7. The van der Waals surface area contributed by atoms with Crippen LogP contribution in [0.2, 0.25) is 5.02 Å². The van der Waals surface area contributed by atoms with Gasteiger partial charge in [0, 0.05) is 5.02 Å². The minimum absolute atomic E-state index is 0.000383. The standard InChI is InChI=1S/C18H19ClFNO/c1-3-13-4-6-14(7-5-13)12(2)21-18(22)10-15-8-9-16(19)11-17(15)20/h4-9,11-12H,3,10H2,1-2H3,(H,21,22). The molecular formula is C18H19ClFNO. The van der Waals surface area contributed by atoms with Crippen molar-refractivity contribution in [1.29, 1.82) is 0 Å². The number of nitrogens with one attached hydrogen (secondary N) is 1. The first-order valence-electron chi connectivity index (χ1n) is 7.31. The molecule has 2 rings (SSSR count). The minimum Gasteiger partial charge on any atom is -0.349 e. The monoisotopic (exact) mass is 319 g/mol. The third-order valence-electron chi connectivity index (χ3n) is 3.63. The second-order valence-corrected chi connectivity index (χ2v) is 5.73. The molecule has 22 heavy (non-hydrogen) atoms. The maximum absolute atomic E-state index is 13.7. The molecule has 2 aromatic rings. The van der Waals surface area contributed by atoms with E-state index in [4.69, 9.17) is 11.6 Å². The average molecular weight is 320 g/mol. The maximum Gasteiger partial charge on any atom is 0.225 e. The Hall–Kier alpha value is -1.87. The third-order valence-corrected chi connectivity index (χ3v) is 3.87. The van der Waals surface area contributed by atoms with E-state index < -0.39 is 5.82 Å². The van der Waals surface area contributed by atoms with E-state index in [9.17, 15) is 9.18 Å². The summed E-state index contributed by atoms with van der Waals surface area (Å²) in [4.78, 5) is 12.0. The molecule has 4 heteroatoms. The van der Waals surface area contributed by atoms with Gasteiger partial charge in [0.05, 0.1) is 12.5 Å². The highest BCUT2D eigenvalue weighted by atomic mass is 35.5. The molecule has 0 fully saturated rings. The summed E-state index contributed by atoms with van der Waals surface area (Å²) in [6.07, 6.45) is 0.983. The maximum atomic E-state index is 13.7. The lowest BCUT2D eigenvalue weighted by atomic mass is 10.0. The predicted molar refractivity (Wildman–Crippen MR) is 87.5 cm³/mol. The molecule has 0 aliphatic heterocycles. The molecule has 0 aliphatic carbocycles. The van der Waals surface area contributed by atoms with Crippen molar-refractivity contribution >= 4 is 17.5 Å². The Labute approximate surface area is 135 Å². The summed E-state index contributed by atoms with van der Waals surface area (Å²) in [5.74, 6) is -0.670. The molecule has 2 nitrogen and oxygen atoms in total. The predicted octanol–water partition coefficient (Wildman–Crippen LogP) is 4.46. The van der Waals surface area contributed by atoms with Crippen LogP contribution in [0.3, 0.4) is 0 Å². The molecule has 116 valence electrons. The summed E-state index contributed by atoms with van der Waals surface area (Å²) in [6.45, 7) is 4.01. The van der Waals surface area contributed by atoms with Crippen LogP contribution < -0.4 is 5.32 Å². The number of hydrogen-bond acceptors (Lipinski definition) is 1. The van der Waals surface area contributed by atoms with Crippen LogP contribution >= 0.6 is 11.6 Å². The lowest BCUT2D eigenvalue weighted by Crippen LogP contribution is -2.28. The largest absolute Gasteiger partial charge is 0.349 e. The van der Waals surface area contributed by atoms with Crippen LogP contribution in [-0.2, 0) is 17.6 Å². The van der Waals surface area contributed by atoms with Crippen molar-refractivity contribution in [2.45, 2.75) is 32.7 Å². The Bertz CT molecular complexity index is 655. The fraction of sp³-hybridized carbons (Fsp3) is 0.278. The molecule has 1 N–H and O–H groups in total. The first-order chi connectivity index (χ1) is 10.5. The van der Waals surface area contributed by atoms with Crippen LogP contribution in [-0.4, -0.2) is 5.91 Å². The highest BCUT2D eigenvalue weighted by Gasteiger charge is 2.12. The summed E-state index contributed by atoms with van der Waals surface area (Å²) in [5.41, 5.74) is 2.63. The molecule has 2 aromatic carbocycles. The Morgan fingerprint density at radius 2 is 1.91 bits per heavy atom. The van der Waals surface area contributed by atoms with Crippen molar-refractivity contribution in [2.24, 2.45) is 0 Å². The Kier molecular flexibility index (Phi) is 5.56. The zero-order chi connectivity index (χ0) is 16.1. The number of amides is 1. The average Bonchev–Trinajstić information content (AvgIpc) is 2.50. The first kappa shape index (κ1) is 16.5. The van der Waals surface area contributed by atoms with Crippen LogP contribution in [0.5, 0.6) is 0 Å². The van der Waals surface area contributed by atoms with Gasteiger partial charge in [-0.2, -0.15) is 0 Å². The topological polar surface area (TPSA) is 29.1 Å². The number of benzene rings is 2. The lowest BCUT2D eigenvalue weighted by Gasteiger charge is -2.15. The summed E-state index contributed by atoms with van der Waals surface area (Å²) in [7, 11) is 0. The molecule has 1 amide bonds. The van der Waals surface area contributed by atoms with E-state index in [1.165, 1.54) is 17.7 Å². The molecule has 1 atom stereocenters. The SMILES string of the molecule is CCc1ccc(C(C)NC(=O)Cc2ccc(Cl)cc2F)cc1. The van der Waals surface area contributed by atoms with Crippen LogP contribution in [0.15, 0.2) is 42.5 Å². The molecule has 1 unspecified atom stereocenters.